The van der Waals surface area contributed by atoms with Crippen molar-refractivity contribution in [3.05, 3.63) is 0 Å². The zero-order valence-corrected chi connectivity index (χ0v) is 11.4. The van der Waals surface area contributed by atoms with Gasteiger partial charge in [0.1, 0.15) is 0 Å². The summed E-state index contributed by atoms with van der Waals surface area (Å²) in [6.45, 7) is 7.15. The van der Waals surface area contributed by atoms with Crippen LogP contribution in [0.4, 0.5) is 0 Å². The Balaban J connectivity index is 0.000000293. The van der Waals surface area contributed by atoms with Crippen LogP contribution in [-0.2, 0) is 14.6 Å². The number of hydrogen-bond acceptors (Lipinski definition) is 5. The first-order valence-electron chi connectivity index (χ1n) is 5.23. The van der Waals surface area contributed by atoms with E-state index in [0.29, 0.717) is 6.17 Å². The molecule has 1 saturated heterocycles. The molecule has 0 amide bonds. The van der Waals surface area contributed by atoms with Crippen LogP contribution in [0, 0.1) is 0 Å². The van der Waals surface area contributed by atoms with E-state index in [0.717, 1.165) is 6.04 Å². The molecule has 98 valence electrons. The van der Waals surface area contributed by atoms with Crippen LogP contribution in [0.25, 0.3) is 0 Å². The first-order valence-corrected chi connectivity index (χ1v) is 6.59. The standard InChI is InChI=1S/C7H16N2.C2H6O4S/c1-6-5-8(3)7(2)9(6)4;1-2-6-7(3,4)5/h6-7H,5H2,1-4H3;2H2,1H3,(H,3,4,5). The van der Waals surface area contributed by atoms with Crippen LogP contribution in [-0.4, -0.2) is 62.2 Å². The van der Waals surface area contributed by atoms with Crippen molar-refractivity contribution in [2.45, 2.75) is 33.0 Å². The summed E-state index contributed by atoms with van der Waals surface area (Å²) in [5.41, 5.74) is 0. The fourth-order valence-corrected chi connectivity index (χ4v) is 1.82. The maximum atomic E-state index is 9.56. The van der Waals surface area contributed by atoms with Gasteiger partial charge in [0.15, 0.2) is 0 Å². The third-order valence-corrected chi connectivity index (χ3v) is 3.28. The second kappa shape index (κ2) is 6.51. The maximum Gasteiger partial charge on any atom is 0.397 e. The highest BCUT2D eigenvalue weighted by Crippen LogP contribution is 2.14. The zero-order valence-electron chi connectivity index (χ0n) is 10.5. The lowest BCUT2D eigenvalue weighted by molar-refractivity contribution is 0.192. The molecule has 0 aliphatic carbocycles. The third-order valence-electron chi connectivity index (χ3n) is 2.74. The highest BCUT2D eigenvalue weighted by Gasteiger charge is 2.27. The molecule has 0 radical (unpaired) electrons. The van der Waals surface area contributed by atoms with Crippen LogP contribution in [0.2, 0.25) is 0 Å². The van der Waals surface area contributed by atoms with Crippen molar-refractivity contribution in [3.8, 4) is 0 Å². The molecule has 0 saturated carbocycles. The largest absolute Gasteiger partial charge is 0.397 e. The fraction of sp³-hybridized carbons (Fsp3) is 1.00. The minimum absolute atomic E-state index is 0.0289. The molecule has 1 aliphatic rings. The van der Waals surface area contributed by atoms with Crippen LogP contribution in [0.1, 0.15) is 20.8 Å². The Morgan fingerprint density at radius 1 is 1.38 bits per heavy atom. The van der Waals surface area contributed by atoms with E-state index in [1.807, 2.05) is 0 Å². The van der Waals surface area contributed by atoms with E-state index in [1.165, 1.54) is 13.5 Å². The molecule has 0 bridgehead atoms. The van der Waals surface area contributed by atoms with Gasteiger partial charge < -0.3 is 0 Å². The highest BCUT2D eigenvalue weighted by molar-refractivity contribution is 7.80. The molecule has 0 aromatic rings. The Labute approximate surface area is 98.1 Å². The van der Waals surface area contributed by atoms with Gasteiger partial charge in [-0.25, -0.2) is 4.18 Å². The van der Waals surface area contributed by atoms with Gasteiger partial charge in [-0.3, -0.25) is 14.4 Å². The molecule has 0 aromatic heterocycles. The highest BCUT2D eigenvalue weighted by atomic mass is 32.3. The van der Waals surface area contributed by atoms with E-state index >= 15 is 0 Å². The Bertz CT molecular complexity index is 282. The van der Waals surface area contributed by atoms with E-state index in [1.54, 1.807) is 0 Å². The smallest absolute Gasteiger partial charge is 0.290 e. The van der Waals surface area contributed by atoms with Crippen molar-refractivity contribution in [1.29, 1.82) is 0 Å². The molecule has 6 nitrogen and oxygen atoms in total. The van der Waals surface area contributed by atoms with Crippen LogP contribution in [0.15, 0.2) is 0 Å². The number of hydrogen-bond donors (Lipinski definition) is 1. The zero-order chi connectivity index (χ0) is 12.9. The molecule has 1 heterocycles. The van der Waals surface area contributed by atoms with Gasteiger partial charge in [0, 0.05) is 12.6 Å². The summed E-state index contributed by atoms with van der Waals surface area (Å²) in [5, 5.41) is 0. The van der Waals surface area contributed by atoms with Gasteiger partial charge in [0.05, 0.1) is 12.8 Å². The van der Waals surface area contributed by atoms with Crippen LogP contribution in [0.3, 0.4) is 0 Å². The fourth-order valence-electron chi connectivity index (χ4n) is 1.53. The predicted octanol–water partition coefficient (Wildman–Crippen LogP) is 0.424. The van der Waals surface area contributed by atoms with Gasteiger partial charge in [0.25, 0.3) is 0 Å². The van der Waals surface area contributed by atoms with Crippen LogP contribution >= 0.6 is 0 Å². The Kier molecular flexibility index (Phi) is 6.42. The average Bonchev–Trinajstić information content (AvgIpc) is 2.32. The number of nitrogens with zero attached hydrogens (tertiary/aromatic N) is 2. The van der Waals surface area contributed by atoms with Gasteiger partial charge in [-0.05, 0) is 34.9 Å². The van der Waals surface area contributed by atoms with Crippen molar-refractivity contribution in [2.75, 3.05) is 27.2 Å². The summed E-state index contributed by atoms with van der Waals surface area (Å²) in [6, 6.07) is 0.727. The van der Waals surface area contributed by atoms with Gasteiger partial charge >= 0.3 is 10.4 Å². The van der Waals surface area contributed by atoms with Gasteiger partial charge in [-0.1, -0.05) is 0 Å². The molecule has 7 heteroatoms. The minimum Gasteiger partial charge on any atom is -0.290 e. The first-order chi connectivity index (χ1) is 7.19. The van der Waals surface area contributed by atoms with Crippen molar-refractivity contribution in [2.24, 2.45) is 0 Å². The van der Waals surface area contributed by atoms with Crippen LogP contribution in [0.5, 0.6) is 0 Å². The molecule has 0 spiro atoms. The second-order valence-electron chi connectivity index (χ2n) is 3.92. The summed E-state index contributed by atoms with van der Waals surface area (Å²) < 4.78 is 30.7. The number of likely N-dealkylation sites (N-methyl/N-ethyl adjacent to an activating group) is 2. The summed E-state index contributed by atoms with van der Waals surface area (Å²) in [5.74, 6) is 0. The Morgan fingerprint density at radius 2 is 1.88 bits per heavy atom. The quantitative estimate of drug-likeness (QED) is 0.720. The molecule has 1 aliphatic heterocycles. The second-order valence-corrected chi connectivity index (χ2v) is 5.01. The van der Waals surface area contributed by atoms with E-state index in [-0.39, 0.29) is 6.61 Å². The van der Waals surface area contributed by atoms with E-state index < -0.39 is 10.4 Å². The Hall–Kier alpha value is -0.210. The van der Waals surface area contributed by atoms with Gasteiger partial charge in [0.2, 0.25) is 0 Å². The van der Waals surface area contributed by atoms with Crippen molar-refractivity contribution in [1.82, 2.24) is 9.80 Å². The summed E-state index contributed by atoms with van der Waals surface area (Å²) in [4.78, 5) is 4.75. The van der Waals surface area contributed by atoms with Gasteiger partial charge in [-0.15, -0.1) is 0 Å². The first kappa shape index (κ1) is 15.8. The molecular weight excluding hydrogens is 232 g/mol. The summed E-state index contributed by atoms with van der Waals surface area (Å²) in [7, 11) is 0.177. The SMILES string of the molecule is CC1CN(C)C(C)N1C.CCOS(=O)(=O)O. The van der Waals surface area contributed by atoms with E-state index in [9.17, 15) is 8.42 Å². The minimum atomic E-state index is -4.17. The Morgan fingerprint density at radius 3 is 1.94 bits per heavy atom. The molecule has 1 N–H and O–H groups in total. The van der Waals surface area contributed by atoms with Crippen molar-refractivity contribution < 1.29 is 17.2 Å². The third kappa shape index (κ3) is 5.76. The lowest BCUT2D eigenvalue weighted by atomic mass is 10.3. The topological polar surface area (TPSA) is 70.1 Å². The molecular formula is C9H22N2O4S. The molecule has 1 fully saturated rings. The molecule has 16 heavy (non-hydrogen) atoms. The normalized spacial score (nSPS) is 27.6. The number of rotatable bonds is 2. The molecule has 2 unspecified atom stereocenters. The van der Waals surface area contributed by atoms with Gasteiger partial charge in [-0.2, -0.15) is 8.42 Å². The van der Waals surface area contributed by atoms with Crippen LogP contribution < -0.4 is 0 Å². The molecule has 2 atom stereocenters. The predicted molar refractivity (Wildman–Crippen MR) is 62.5 cm³/mol. The summed E-state index contributed by atoms with van der Waals surface area (Å²) >= 11 is 0. The molecule has 0 aromatic carbocycles. The monoisotopic (exact) mass is 254 g/mol. The average molecular weight is 254 g/mol. The summed E-state index contributed by atoms with van der Waals surface area (Å²) in [6.07, 6.45) is 0.625. The lowest BCUT2D eigenvalue weighted by Gasteiger charge is -2.21. The maximum absolute atomic E-state index is 9.56. The van der Waals surface area contributed by atoms with Crippen molar-refractivity contribution in [3.63, 3.8) is 0 Å². The van der Waals surface area contributed by atoms with E-state index in [2.05, 4.69) is 41.9 Å². The molecule has 1 rings (SSSR count). The van der Waals surface area contributed by atoms with Crippen molar-refractivity contribution >= 4 is 10.4 Å². The van der Waals surface area contributed by atoms with E-state index in [4.69, 9.17) is 4.55 Å². The lowest BCUT2D eigenvalue weighted by Crippen LogP contribution is -2.32.